The molecule has 1 saturated carbocycles. The van der Waals surface area contributed by atoms with Crippen LogP contribution in [0.5, 0.6) is 5.75 Å². The fourth-order valence-corrected chi connectivity index (χ4v) is 8.99. The first-order chi connectivity index (χ1) is 38.4. The first-order valence-corrected chi connectivity index (χ1v) is 26.4. The Morgan fingerprint density at radius 3 is 2.26 bits per heavy atom. The number of hydrogen-bond donors (Lipinski definition) is 9. The number of imide groups is 1. The van der Waals surface area contributed by atoms with E-state index in [-0.39, 0.29) is 80.0 Å². The maximum Gasteiger partial charge on any atom is 0.335 e. The smallest absolute Gasteiger partial charge is 0.335 e. The van der Waals surface area contributed by atoms with Crippen molar-refractivity contribution in [3.8, 4) is 5.75 Å². The van der Waals surface area contributed by atoms with E-state index in [1.54, 1.807) is 55.8 Å². The molecule has 0 bridgehead atoms. The number of carbonyl (C=O) groups is 9. The van der Waals surface area contributed by atoms with Crippen molar-refractivity contribution >= 4 is 64.8 Å². The minimum Gasteiger partial charge on any atom is -0.479 e. The third kappa shape index (κ3) is 17.8. The van der Waals surface area contributed by atoms with E-state index >= 15 is 0 Å². The van der Waals surface area contributed by atoms with E-state index in [2.05, 4.69) is 26.3 Å². The summed E-state index contributed by atoms with van der Waals surface area (Å²) in [7, 11) is 1.60. The van der Waals surface area contributed by atoms with Crippen LogP contribution in [0.4, 0.5) is 16.2 Å². The quantitative estimate of drug-likeness (QED) is 0.0214. The molecule has 10 N–H and O–H groups in total. The lowest BCUT2D eigenvalue weighted by atomic mass is 9.95. The molecule has 1 aromatic heterocycles. The highest BCUT2D eigenvalue weighted by Gasteiger charge is 2.48. The number of urea groups is 1. The zero-order valence-electron chi connectivity index (χ0n) is 44.2. The van der Waals surface area contributed by atoms with Crippen molar-refractivity contribution in [1.82, 2.24) is 30.5 Å². The highest BCUT2D eigenvalue weighted by molar-refractivity contribution is 6.15. The highest BCUT2D eigenvalue weighted by atomic mass is 16.7. The number of likely N-dealkylation sites (N-methyl/N-ethyl adjacent to an activating group) is 1. The van der Waals surface area contributed by atoms with Gasteiger partial charge in [0.05, 0.1) is 24.8 Å². The molecule has 3 aliphatic rings. The number of hydroxylamine groups is 2. The van der Waals surface area contributed by atoms with Gasteiger partial charge in [-0.25, -0.2) is 14.7 Å². The number of ether oxygens (including phenoxy) is 3. The lowest BCUT2D eigenvalue weighted by Crippen LogP contribution is -2.61. The molecule has 80 heavy (non-hydrogen) atoms. The molecule has 3 heterocycles. The average Bonchev–Trinajstić information content (AvgIpc) is 3.79. The molecule has 0 spiro atoms. The van der Waals surface area contributed by atoms with Gasteiger partial charge in [0, 0.05) is 81.9 Å². The molecule has 6 atom stereocenters. The zero-order valence-corrected chi connectivity index (χ0v) is 44.2. The summed E-state index contributed by atoms with van der Waals surface area (Å²) in [6.45, 7) is -0.331. The number of amides is 8. The number of pyridine rings is 1. The van der Waals surface area contributed by atoms with E-state index in [1.165, 1.54) is 28.2 Å². The van der Waals surface area contributed by atoms with Gasteiger partial charge in [0.15, 0.2) is 6.10 Å². The monoisotopic (exact) mass is 1120 g/mol. The molecular weight excluding hydrogens is 1050 g/mol. The van der Waals surface area contributed by atoms with Crippen LogP contribution in [0.15, 0.2) is 79.1 Å². The fraction of sp³-hybridized carbons (Fsp3) is 0.481. The van der Waals surface area contributed by atoms with Crippen molar-refractivity contribution in [3.05, 3.63) is 95.8 Å². The summed E-state index contributed by atoms with van der Waals surface area (Å²) >= 11 is 0. The molecule has 0 radical (unpaired) electrons. The number of nitrogens with two attached hydrogens (primary N) is 1. The Hall–Kier alpha value is -7.88. The van der Waals surface area contributed by atoms with Gasteiger partial charge in [0.2, 0.25) is 24.0 Å². The Morgan fingerprint density at radius 2 is 1.55 bits per heavy atom. The molecule has 26 heteroatoms. The molecule has 6 rings (SSSR count). The maximum atomic E-state index is 13.6. The van der Waals surface area contributed by atoms with Gasteiger partial charge in [0.1, 0.15) is 36.7 Å². The minimum atomic E-state index is -2.02. The minimum absolute atomic E-state index is 0.0648. The van der Waals surface area contributed by atoms with Crippen molar-refractivity contribution in [3.63, 3.8) is 0 Å². The van der Waals surface area contributed by atoms with Crippen LogP contribution < -0.4 is 31.7 Å². The summed E-state index contributed by atoms with van der Waals surface area (Å²) < 4.78 is 16.5. The van der Waals surface area contributed by atoms with Gasteiger partial charge in [-0.1, -0.05) is 50.3 Å². The summed E-state index contributed by atoms with van der Waals surface area (Å²) in [6.07, 6.45) is 2.68. The molecular formula is C54H69N9O17. The van der Waals surface area contributed by atoms with Crippen LogP contribution in [0, 0.1) is 0 Å². The van der Waals surface area contributed by atoms with Crippen LogP contribution in [0.1, 0.15) is 92.1 Å². The Kier molecular flexibility index (Phi) is 23.4. The highest BCUT2D eigenvalue weighted by Crippen LogP contribution is 2.32. The van der Waals surface area contributed by atoms with E-state index in [9.17, 15) is 63.6 Å². The van der Waals surface area contributed by atoms with Crippen LogP contribution >= 0.6 is 0 Å². The van der Waals surface area contributed by atoms with E-state index in [4.69, 9.17) is 24.8 Å². The fourth-order valence-electron chi connectivity index (χ4n) is 8.99. The second-order valence-corrected chi connectivity index (χ2v) is 19.3. The van der Waals surface area contributed by atoms with Crippen LogP contribution in [0.3, 0.4) is 0 Å². The summed E-state index contributed by atoms with van der Waals surface area (Å²) in [5.74, 6) is -6.05. The van der Waals surface area contributed by atoms with E-state index in [0.29, 0.717) is 41.1 Å². The normalized spacial score (nSPS) is 19.4. The lowest BCUT2D eigenvalue weighted by molar-refractivity contribution is -0.271. The van der Waals surface area contributed by atoms with Crippen LogP contribution in [0.25, 0.3) is 0 Å². The molecule has 26 nitrogen and oxygen atoms in total. The number of aliphatic hydroxyl groups is 3. The number of nitrogens with one attached hydrogen (secondary N) is 4. The van der Waals surface area contributed by atoms with Crippen molar-refractivity contribution in [2.45, 2.75) is 126 Å². The second kappa shape index (κ2) is 30.5. The third-order valence-electron chi connectivity index (χ3n) is 13.3. The Morgan fingerprint density at radius 1 is 0.825 bits per heavy atom. The molecule has 2 aliphatic heterocycles. The number of aromatic nitrogens is 1. The summed E-state index contributed by atoms with van der Waals surface area (Å²) in [5.41, 5.74) is 7.23. The lowest BCUT2D eigenvalue weighted by Gasteiger charge is -2.38. The number of aliphatic carboxylic acids is 1. The first kappa shape index (κ1) is 61.3. The molecule has 2 aromatic carbocycles. The number of esters is 1. The van der Waals surface area contributed by atoms with Gasteiger partial charge in [-0.05, 0) is 73.2 Å². The topological polar surface area (TPSA) is 368 Å². The van der Waals surface area contributed by atoms with E-state index in [0.717, 1.165) is 63.5 Å². The summed E-state index contributed by atoms with van der Waals surface area (Å²) in [5, 5.41) is 52.8. The number of benzene rings is 2. The molecule has 3 aromatic rings. The van der Waals surface area contributed by atoms with Crippen molar-refractivity contribution in [2.75, 3.05) is 50.5 Å². The van der Waals surface area contributed by atoms with Crippen molar-refractivity contribution < 1.29 is 82.6 Å². The van der Waals surface area contributed by atoms with Gasteiger partial charge >= 0.3 is 18.0 Å². The van der Waals surface area contributed by atoms with Crippen LogP contribution in [0.2, 0.25) is 0 Å². The Bertz CT molecular complexity index is 2670. The predicted molar refractivity (Wildman–Crippen MR) is 282 cm³/mol. The SMILES string of the molecule is CN(CCON(C(=O)CCCCCCNC(=O)Nc1ccncc1)C1CCCCC1)C(=O)c1cccc(CC(=O)OCc2ccc(O[C@@H]3O[C@H](C(=O)O)[C@@H](O)[C@H](O)[C@H]3O)c(NC(=O)CCNC(=O)[C@H](CN)N3C(=O)C=CC3=O)c2)c1. The van der Waals surface area contributed by atoms with Crippen LogP contribution in [-0.4, -0.2) is 176 Å². The number of nitrogens with zero attached hydrogens (tertiary/aromatic N) is 4. The van der Waals surface area contributed by atoms with Gasteiger partial charge in [-0.2, -0.15) is 0 Å². The van der Waals surface area contributed by atoms with Gasteiger partial charge in [-0.3, -0.25) is 48.3 Å². The molecule has 1 saturated heterocycles. The first-order valence-electron chi connectivity index (χ1n) is 26.4. The molecule has 2 fully saturated rings. The van der Waals surface area contributed by atoms with E-state index < -0.39 is 78.9 Å². The summed E-state index contributed by atoms with van der Waals surface area (Å²) in [6, 6.07) is 12.1. The van der Waals surface area contributed by atoms with Crippen molar-refractivity contribution in [2.24, 2.45) is 5.73 Å². The predicted octanol–water partition coefficient (Wildman–Crippen LogP) is 1.27. The van der Waals surface area contributed by atoms with Crippen molar-refractivity contribution in [1.29, 1.82) is 0 Å². The Balaban J connectivity index is 0.993. The molecule has 0 unspecified atom stereocenters. The van der Waals surface area contributed by atoms with Gasteiger partial charge < -0.3 is 66.5 Å². The van der Waals surface area contributed by atoms with Gasteiger partial charge in [0.25, 0.3) is 17.7 Å². The van der Waals surface area contributed by atoms with Gasteiger partial charge in [-0.15, -0.1) is 0 Å². The van der Waals surface area contributed by atoms with E-state index in [1.807, 2.05) is 0 Å². The number of unbranched alkanes of at least 4 members (excludes halogenated alkanes) is 3. The largest absolute Gasteiger partial charge is 0.479 e. The summed E-state index contributed by atoms with van der Waals surface area (Å²) in [4.78, 5) is 127. The standard InChI is InChI=1S/C54H69N9O17/c1-61(26-27-78-63(37-12-5-4-6-13-37)44(67)14-7-2-3-8-22-58-54(76)59-36-19-23-56-24-20-36)51(73)35-11-9-10-33(28-35)30-45(68)77-32-34-15-16-40(79-53-48(71)46(69)47(70)49(80-53)52(74)75)38(29-34)60-41(64)21-25-57-50(72)39(31-55)62-42(65)17-18-43(62)66/h9-11,15-20,23-24,28-29,37,39,46-49,53,69-71H,2-8,12-14,21-22,25-27,30-32,55H2,1H3,(H,57,72)(H,60,64)(H,74,75)(H2,56,58,59,76)/t39-,46-,47-,48+,49-,53+/m0/s1. The number of rotatable bonds is 28. The number of carboxylic acids is 1. The number of carbonyl (C=O) groups excluding carboxylic acids is 8. The number of anilines is 2. The Labute approximate surface area is 460 Å². The number of carboxylic acid groups (broad SMARTS) is 1. The zero-order chi connectivity index (χ0) is 57.7. The molecule has 1 aliphatic carbocycles. The number of hydrogen-bond acceptors (Lipinski definition) is 18. The maximum absolute atomic E-state index is 13.6. The third-order valence-corrected chi connectivity index (χ3v) is 13.3. The molecule has 432 valence electrons. The molecule has 8 amide bonds. The average molecular weight is 1120 g/mol. The number of aliphatic hydroxyl groups excluding tert-OH is 3. The van der Waals surface area contributed by atoms with Crippen LogP contribution in [-0.2, 0) is 60.9 Å². The second-order valence-electron chi connectivity index (χ2n) is 19.3.